The van der Waals surface area contributed by atoms with E-state index < -0.39 is 0 Å². The number of benzene rings is 2. The standard InChI is InChI=1S/C18H23NO2/c1-12-9-10-17(13(2)18(12)21-5)19-14(3)15-7-6-8-16(11-15)20-4/h6-11,14,19H,1-5H3. The van der Waals surface area contributed by atoms with Gasteiger partial charge in [-0.3, -0.25) is 0 Å². The fraction of sp³-hybridized carbons (Fsp3) is 0.333. The first kappa shape index (κ1) is 15.2. The summed E-state index contributed by atoms with van der Waals surface area (Å²) in [6.07, 6.45) is 0. The monoisotopic (exact) mass is 285 g/mol. The number of methoxy groups -OCH3 is 2. The molecule has 0 fully saturated rings. The van der Waals surface area contributed by atoms with Gasteiger partial charge >= 0.3 is 0 Å². The Morgan fingerprint density at radius 3 is 2.43 bits per heavy atom. The SMILES string of the molecule is COc1cccc(C(C)Nc2ccc(C)c(OC)c2C)c1. The van der Waals surface area contributed by atoms with E-state index in [4.69, 9.17) is 9.47 Å². The predicted octanol–water partition coefficient (Wildman–Crippen LogP) is 4.49. The van der Waals surface area contributed by atoms with E-state index in [1.807, 2.05) is 12.1 Å². The normalized spacial score (nSPS) is 11.9. The average molecular weight is 285 g/mol. The van der Waals surface area contributed by atoms with Gasteiger partial charge in [0.1, 0.15) is 11.5 Å². The quantitative estimate of drug-likeness (QED) is 0.877. The van der Waals surface area contributed by atoms with E-state index >= 15 is 0 Å². The zero-order valence-electron chi connectivity index (χ0n) is 13.4. The van der Waals surface area contributed by atoms with Crippen molar-refractivity contribution < 1.29 is 9.47 Å². The van der Waals surface area contributed by atoms with Crippen molar-refractivity contribution in [2.24, 2.45) is 0 Å². The van der Waals surface area contributed by atoms with Gasteiger partial charge in [-0.2, -0.15) is 0 Å². The number of hydrogen-bond acceptors (Lipinski definition) is 3. The van der Waals surface area contributed by atoms with Gasteiger partial charge in [0.25, 0.3) is 0 Å². The van der Waals surface area contributed by atoms with Crippen LogP contribution in [0.3, 0.4) is 0 Å². The molecule has 0 aliphatic carbocycles. The predicted molar refractivity (Wildman–Crippen MR) is 87.5 cm³/mol. The molecular weight excluding hydrogens is 262 g/mol. The summed E-state index contributed by atoms with van der Waals surface area (Å²) < 4.78 is 10.8. The zero-order chi connectivity index (χ0) is 15.4. The third-order valence-electron chi connectivity index (χ3n) is 3.77. The molecule has 3 nitrogen and oxygen atoms in total. The molecule has 0 saturated carbocycles. The molecule has 3 heteroatoms. The minimum Gasteiger partial charge on any atom is -0.497 e. The van der Waals surface area contributed by atoms with E-state index in [1.165, 1.54) is 5.56 Å². The van der Waals surface area contributed by atoms with Crippen molar-refractivity contribution in [3.8, 4) is 11.5 Å². The smallest absolute Gasteiger partial charge is 0.126 e. The van der Waals surface area contributed by atoms with E-state index in [1.54, 1.807) is 14.2 Å². The summed E-state index contributed by atoms with van der Waals surface area (Å²) in [6.45, 7) is 6.27. The fourth-order valence-electron chi connectivity index (χ4n) is 2.52. The molecule has 0 amide bonds. The molecule has 0 aliphatic rings. The fourth-order valence-corrected chi connectivity index (χ4v) is 2.52. The maximum absolute atomic E-state index is 5.48. The second-order valence-corrected chi connectivity index (χ2v) is 5.23. The number of hydrogen-bond donors (Lipinski definition) is 1. The van der Waals surface area contributed by atoms with Crippen molar-refractivity contribution in [2.45, 2.75) is 26.8 Å². The van der Waals surface area contributed by atoms with Crippen LogP contribution in [0.15, 0.2) is 36.4 Å². The summed E-state index contributed by atoms with van der Waals surface area (Å²) >= 11 is 0. The van der Waals surface area contributed by atoms with E-state index in [0.717, 1.165) is 28.3 Å². The lowest BCUT2D eigenvalue weighted by molar-refractivity contribution is 0.409. The third-order valence-corrected chi connectivity index (χ3v) is 3.77. The van der Waals surface area contributed by atoms with Crippen molar-refractivity contribution in [2.75, 3.05) is 19.5 Å². The molecule has 2 rings (SSSR count). The maximum Gasteiger partial charge on any atom is 0.126 e. The molecule has 0 radical (unpaired) electrons. The topological polar surface area (TPSA) is 30.5 Å². The molecule has 1 N–H and O–H groups in total. The van der Waals surface area contributed by atoms with Crippen LogP contribution < -0.4 is 14.8 Å². The molecule has 0 heterocycles. The number of rotatable bonds is 5. The summed E-state index contributed by atoms with van der Waals surface area (Å²) in [5.74, 6) is 1.82. The molecule has 0 bridgehead atoms. The van der Waals surface area contributed by atoms with Gasteiger partial charge in [-0.1, -0.05) is 18.2 Å². The Hall–Kier alpha value is -2.16. The van der Waals surface area contributed by atoms with Gasteiger partial charge in [0.2, 0.25) is 0 Å². The van der Waals surface area contributed by atoms with Crippen LogP contribution in [0, 0.1) is 13.8 Å². The number of nitrogens with one attached hydrogen (secondary N) is 1. The van der Waals surface area contributed by atoms with Crippen LogP contribution in [0.5, 0.6) is 11.5 Å². The molecule has 21 heavy (non-hydrogen) atoms. The molecule has 0 spiro atoms. The second-order valence-electron chi connectivity index (χ2n) is 5.23. The molecular formula is C18H23NO2. The van der Waals surface area contributed by atoms with Gasteiger partial charge in [-0.05, 0) is 50.1 Å². The Morgan fingerprint density at radius 1 is 1.00 bits per heavy atom. The first-order valence-corrected chi connectivity index (χ1v) is 7.11. The van der Waals surface area contributed by atoms with Crippen molar-refractivity contribution in [3.05, 3.63) is 53.1 Å². The summed E-state index contributed by atoms with van der Waals surface area (Å²) in [5.41, 5.74) is 4.56. The Kier molecular flexibility index (Phi) is 4.73. The number of anilines is 1. The third kappa shape index (κ3) is 3.30. The molecule has 2 aromatic carbocycles. The highest BCUT2D eigenvalue weighted by Gasteiger charge is 2.11. The van der Waals surface area contributed by atoms with Crippen LogP contribution in [0.1, 0.15) is 29.7 Å². The molecule has 1 atom stereocenters. The lowest BCUT2D eigenvalue weighted by atomic mass is 10.0. The van der Waals surface area contributed by atoms with Gasteiger partial charge in [-0.15, -0.1) is 0 Å². The summed E-state index contributed by atoms with van der Waals surface area (Å²) in [7, 11) is 3.40. The van der Waals surface area contributed by atoms with Gasteiger partial charge < -0.3 is 14.8 Å². The van der Waals surface area contributed by atoms with Gasteiger partial charge in [0, 0.05) is 17.3 Å². The van der Waals surface area contributed by atoms with E-state index in [2.05, 4.69) is 50.4 Å². The van der Waals surface area contributed by atoms with Gasteiger partial charge in [-0.25, -0.2) is 0 Å². The molecule has 112 valence electrons. The highest BCUT2D eigenvalue weighted by Crippen LogP contribution is 2.31. The molecule has 0 saturated heterocycles. The Balaban J connectivity index is 2.25. The van der Waals surface area contributed by atoms with Crippen LogP contribution in [-0.2, 0) is 0 Å². The Morgan fingerprint density at radius 2 is 1.76 bits per heavy atom. The minimum absolute atomic E-state index is 0.186. The first-order valence-electron chi connectivity index (χ1n) is 7.11. The zero-order valence-corrected chi connectivity index (χ0v) is 13.4. The van der Waals surface area contributed by atoms with Crippen LogP contribution in [0.4, 0.5) is 5.69 Å². The molecule has 2 aromatic rings. The number of aryl methyl sites for hydroxylation is 1. The van der Waals surface area contributed by atoms with Gasteiger partial charge in [0.15, 0.2) is 0 Å². The van der Waals surface area contributed by atoms with Crippen LogP contribution in [-0.4, -0.2) is 14.2 Å². The van der Waals surface area contributed by atoms with E-state index in [-0.39, 0.29) is 6.04 Å². The van der Waals surface area contributed by atoms with Crippen LogP contribution in [0.2, 0.25) is 0 Å². The van der Waals surface area contributed by atoms with Crippen molar-refractivity contribution in [1.29, 1.82) is 0 Å². The van der Waals surface area contributed by atoms with Crippen molar-refractivity contribution in [3.63, 3.8) is 0 Å². The van der Waals surface area contributed by atoms with E-state index in [9.17, 15) is 0 Å². The summed E-state index contributed by atoms with van der Waals surface area (Å²) in [6, 6.07) is 12.5. The number of ether oxygens (including phenoxy) is 2. The summed E-state index contributed by atoms with van der Waals surface area (Å²) in [4.78, 5) is 0. The van der Waals surface area contributed by atoms with Gasteiger partial charge in [0.05, 0.1) is 14.2 Å². The highest BCUT2D eigenvalue weighted by atomic mass is 16.5. The van der Waals surface area contributed by atoms with Crippen molar-refractivity contribution in [1.82, 2.24) is 0 Å². The average Bonchev–Trinajstić information content (AvgIpc) is 2.50. The minimum atomic E-state index is 0.186. The van der Waals surface area contributed by atoms with E-state index in [0.29, 0.717) is 0 Å². The lowest BCUT2D eigenvalue weighted by Gasteiger charge is -2.20. The van der Waals surface area contributed by atoms with Crippen LogP contribution >= 0.6 is 0 Å². The highest BCUT2D eigenvalue weighted by molar-refractivity contribution is 5.60. The molecule has 1 unspecified atom stereocenters. The molecule has 0 aliphatic heterocycles. The van der Waals surface area contributed by atoms with Crippen molar-refractivity contribution >= 4 is 5.69 Å². The summed E-state index contributed by atoms with van der Waals surface area (Å²) in [5, 5.41) is 3.54. The Labute approximate surface area is 126 Å². The lowest BCUT2D eigenvalue weighted by Crippen LogP contribution is -2.08. The largest absolute Gasteiger partial charge is 0.497 e. The first-order chi connectivity index (χ1) is 10.1. The Bertz CT molecular complexity index is 623. The second kappa shape index (κ2) is 6.53. The molecule has 0 aromatic heterocycles. The van der Waals surface area contributed by atoms with Crippen LogP contribution in [0.25, 0.3) is 0 Å². The maximum atomic E-state index is 5.48.